The van der Waals surface area contributed by atoms with Gasteiger partial charge in [-0.25, -0.2) is 8.78 Å². The van der Waals surface area contributed by atoms with Crippen LogP contribution in [0.25, 0.3) is 0 Å². The second kappa shape index (κ2) is 8.56. The molecule has 2 heterocycles. The molecule has 0 aliphatic carbocycles. The molecule has 134 valence electrons. The van der Waals surface area contributed by atoms with Crippen LogP contribution in [0.2, 0.25) is 0 Å². The topological polar surface area (TPSA) is 102 Å². The van der Waals surface area contributed by atoms with E-state index in [4.69, 9.17) is 5.73 Å². The second-order valence-electron chi connectivity index (χ2n) is 5.07. The molecule has 0 radical (unpaired) electrons. The predicted octanol–water partition coefficient (Wildman–Crippen LogP) is 1.87. The monoisotopic (exact) mass is 359 g/mol. The first-order chi connectivity index (χ1) is 12.4. The van der Waals surface area contributed by atoms with Crippen molar-refractivity contribution in [2.75, 3.05) is 12.1 Å². The molecule has 0 aliphatic heterocycles. The number of nitrogens with zero attached hydrogens (tertiary/aromatic N) is 4. The van der Waals surface area contributed by atoms with Gasteiger partial charge in [0.25, 0.3) is 12.3 Å². The summed E-state index contributed by atoms with van der Waals surface area (Å²) in [7, 11) is 1.62. The van der Waals surface area contributed by atoms with Gasteiger partial charge in [0.2, 0.25) is 0 Å². The van der Waals surface area contributed by atoms with E-state index in [1.54, 1.807) is 31.6 Å². The van der Waals surface area contributed by atoms with Gasteiger partial charge in [-0.3, -0.25) is 24.6 Å². The van der Waals surface area contributed by atoms with E-state index in [9.17, 15) is 18.4 Å². The van der Waals surface area contributed by atoms with E-state index in [1.807, 2.05) is 0 Å². The standard InChI is InChI=1S/C17H15F2N5O2/c1-24(13-3-2-6-21-9-13)23-15(7-12(10-25)17(20)26)11-4-5-14(16(18)19)22-8-11/h2-10,16H,1H3,(H2,20,26)/b12-7+,23-15+. The molecule has 0 atom stereocenters. The number of anilines is 1. The van der Waals surface area contributed by atoms with Crippen molar-refractivity contribution in [2.24, 2.45) is 10.8 Å². The first-order valence-electron chi connectivity index (χ1n) is 7.36. The number of hydrogen-bond donors (Lipinski definition) is 1. The van der Waals surface area contributed by atoms with Crippen LogP contribution in [0.4, 0.5) is 14.5 Å². The van der Waals surface area contributed by atoms with Crippen molar-refractivity contribution in [3.05, 3.63) is 65.8 Å². The van der Waals surface area contributed by atoms with Gasteiger partial charge in [-0.1, -0.05) is 0 Å². The summed E-state index contributed by atoms with van der Waals surface area (Å²) >= 11 is 0. The Morgan fingerprint density at radius 3 is 2.58 bits per heavy atom. The molecule has 0 fully saturated rings. The lowest BCUT2D eigenvalue weighted by molar-refractivity contribution is -0.116. The summed E-state index contributed by atoms with van der Waals surface area (Å²) in [6, 6.07) is 5.95. The summed E-state index contributed by atoms with van der Waals surface area (Å²) in [5.41, 5.74) is 5.53. The van der Waals surface area contributed by atoms with Gasteiger partial charge in [0.15, 0.2) is 6.29 Å². The lowest BCUT2D eigenvalue weighted by atomic mass is 10.1. The number of aromatic nitrogens is 2. The normalized spacial score (nSPS) is 12.2. The van der Waals surface area contributed by atoms with Crippen LogP contribution in [0.5, 0.6) is 0 Å². The summed E-state index contributed by atoms with van der Waals surface area (Å²) in [6.07, 6.45) is 3.07. The molecule has 0 spiro atoms. The molecule has 0 saturated carbocycles. The van der Waals surface area contributed by atoms with Crippen molar-refractivity contribution in [2.45, 2.75) is 6.43 Å². The zero-order valence-electron chi connectivity index (χ0n) is 13.7. The molecule has 7 nitrogen and oxygen atoms in total. The number of pyridine rings is 2. The van der Waals surface area contributed by atoms with Crippen molar-refractivity contribution in [1.82, 2.24) is 9.97 Å². The Morgan fingerprint density at radius 1 is 1.31 bits per heavy atom. The van der Waals surface area contributed by atoms with Crippen LogP contribution in [0.3, 0.4) is 0 Å². The maximum atomic E-state index is 12.7. The first-order valence-corrected chi connectivity index (χ1v) is 7.36. The van der Waals surface area contributed by atoms with E-state index >= 15 is 0 Å². The maximum absolute atomic E-state index is 12.7. The zero-order chi connectivity index (χ0) is 19.1. The van der Waals surface area contributed by atoms with Crippen LogP contribution in [0.1, 0.15) is 17.7 Å². The summed E-state index contributed by atoms with van der Waals surface area (Å²) in [5, 5.41) is 5.75. The number of carbonyl (C=O) groups is 2. The van der Waals surface area contributed by atoms with Gasteiger partial charge in [0.1, 0.15) is 5.69 Å². The minimum Gasteiger partial charge on any atom is -0.365 e. The SMILES string of the molecule is CN(/N=C(\C=C(/C=O)C(N)=O)c1ccc(C(F)F)nc1)c1cccnc1. The maximum Gasteiger partial charge on any atom is 0.280 e. The van der Waals surface area contributed by atoms with Crippen molar-refractivity contribution >= 4 is 23.6 Å². The van der Waals surface area contributed by atoms with Gasteiger partial charge in [-0.05, 0) is 30.3 Å². The number of hydrogen-bond acceptors (Lipinski definition) is 6. The van der Waals surface area contributed by atoms with Crippen LogP contribution in [0.15, 0.2) is 59.6 Å². The largest absolute Gasteiger partial charge is 0.365 e. The molecule has 2 rings (SSSR count). The fraction of sp³-hybridized carbons (Fsp3) is 0.118. The minimum absolute atomic E-state index is 0.144. The van der Waals surface area contributed by atoms with Crippen LogP contribution in [-0.4, -0.2) is 34.9 Å². The third-order valence-electron chi connectivity index (χ3n) is 3.29. The first kappa shape index (κ1) is 18.8. The molecule has 0 aliphatic rings. The highest BCUT2D eigenvalue weighted by Gasteiger charge is 2.12. The Bertz CT molecular complexity index is 836. The average molecular weight is 359 g/mol. The Morgan fingerprint density at radius 2 is 2.08 bits per heavy atom. The molecule has 9 heteroatoms. The summed E-state index contributed by atoms with van der Waals surface area (Å²) in [5.74, 6) is -0.936. The van der Waals surface area contributed by atoms with Crippen LogP contribution in [-0.2, 0) is 9.59 Å². The van der Waals surface area contributed by atoms with E-state index in [0.29, 0.717) is 17.5 Å². The Kier molecular flexibility index (Phi) is 6.20. The third-order valence-corrected chi connectivity index (χ3v) is 3.29. The molecule has 1 amide bonds. The zero-order valence-corrected chi connectivity index (χ0v) is 13.7. The third kappa shape index (κ3) is 4.76. The molecule has 0 unspecified atom stereocenters. The highest BCUT2D eigenvalue weighted by Crippen LogP contribution is 2.17. The number of carbonyl (C=O) groups excluding carboxylic acids is 2. The molecule has 2 aromatic heterocycles. The number of aldehydes is 1. The number of hydrazone groups is 1. The lowest BCUT2D eigenvalue weighted by Gasteiger charge is -2.14. The molecular weight excluding hydrogens is 344 g/mol. The highest BCUT2D eigenvalue weighted by molar-refractivity contribution is 6.19. The van der Waals surface area contributed by atoms with E-state index in [1.165, 1.54) is 23.3 Å². The number of halogens is 2. The minimum atomic E-state index is -2.71. The molecule has 2 N–H and O–H groups in total. The van der Waals surface area contributed by atoms with Crippen LogP contribution >= 0.6 is 0 Å². The molecule has 0 aromatic carbocycles. The van der Waals surface area contributed by atoms with Crippen molar-refractivity contribution < 1.29 is 18.4 Å². The fourth-order valence-electron chi connectivity index (χ4n) is 1.93. The van der Waals surface area contributed by atoms with Crippen LogP contribution in [0, 0.1) is 0 Å². The molecule has 0 saturated heterocycles. The number of alkyl halides is 2. The predicted molar refractivity (Wildman–Crippen MR) is 91.7 cm³/mol. The number of rotatable bonds is 7. The fourth-order valence-corrected chi connectivity index (χ4v) is 1.93. The van der Waals surface area contributed by atoms with Gasteiger partial charge in [-0.2, -0.15) is 5.10 Å². The van der Waals surface area contributed by atoms with Crippen molar-refractivity contribution in [3.8, 4) is 0 Å². The van der Waals surface area contributed by atoms with Gasteiger partial charge in [0, 0.05) is 25.0 Å². The van der Waals surface area contributed by atoms with Gasteiger partial charge >= 0.3 is 0 Å². The summed E-state index contributed by atoms with van der Waals surface area (Å²) in [6.45, 7) is 0. The Balaban J connectivity index is 2.49. The number of nitrogens with two attached hydrogens (primary N) is 1. The second-order valence-corrected chi connectivity index (χ2v) is 5.07. The van der Waals surface area contributed by atoms with Crippen LogP contribution < -0.4 is 10.7 Å². The smallest absolute Gasteiger partial charge is 0.280 e. The molecule has 0 bridgehead atoms. The lowest BCUT2D eigenvalue weighted by Crippen LogP contribution is -2.18. The van der Waals surface area contributed by atoms with E-state index in [0.717, 1.165) is 6.07 Å². The molecule has 2 aromatic rings. The Labute approximate surface area is 147 Å². The van der Waals surface area contributed by atoms with E-state index < -0.39 is 18.0 Å². The van der Waals surface area contributed by atoms with Crippen molar-refractivity contribution in [3.63, 3.8) is 0 Å². The Hall–Kier alpha value is -3.49. The average Bonchev–Trinajstić information content (AvgIpc) is 2.65. The van der Waals surface area contributed by atoms with Crippen molar-refractivity contribution in [1.29, 1.82) is 0 Å². The van der Waals surface area contributed by atoms with Gasteiger partial charge < -0.3 is 5.73 Å². The number of amides is 1. The van der Waals surface area contributed by atoms with E-state index in [2.05, 4.69) is 15.1 Å². The quantitative estimate of drug-likeness (QED) is 0.203. The number of allylic oxidation sites excluding steroid dienone is 1. The molecular formula is C17H15F2N5O2. The number of primary amides is 1. The molecule has 26 heavy (non-hydrogen) atoms. The summed E-state index contributed by atoms with van der Waals surface area (Å²) in [4.78, 5) is 30.0. The summed E-state index contributed by atoms with van der Waals surface area (Å²) < 4.78 is 25.3. The van der Waals surface area contributed by atoms with Gasteiger partial charge in [0.05, 0.1) is 23.2 Å². The highest BCUT2D eigenvalue weighted by atomic mass is 19.3. The van der Waals surface area contributed by atoms with E-state index in [-0.39, 0.29) is 11.3 Å². The van der Waals surface area contributed by atoms with Gasteiger partial charge in [-0.15, -0.1) is 0 Å².